The van der Waals surface area contributed by atoms with Crippen LogP contribution < -0.4 is 4.74 Å². The van der Waals surface area contributed by atoms with Crippen molar-refractivity contribution < 1.29 is 14.6 Å². The highest BCUT2D eigenvalue weighted by Gasteiger charge is 1.99. The van der Waals surface area contributed by atoms with Crippen LogP contribution >= 0.6 is 0 Å². The normalized spacial score (nSPS) is 10.4. The highest BCUT2D eigenvalue weighted by atomic mass is 16.5. The fourth-order valence-electron chi connectivity index (χ4n) is 1.30. The number of aliphatic imine (C=N–C) groups is 1. The topological polar surface area (TPSA) is 58.9 Å². The van der Waals surface area contributed by atoms with E-state index in [1.54, 1.807) is 36.4 Å². The van der Waals surface area contributed by atoms with Crippen molar-refractivity contribution in [1.82, 2.24) is 0 Å². The molecule has 0 aliphatic carbocycles. The Morgan fingerprint density at radius 1 is 1.06 bits per heavy atom. The standard InChI is InChI=1S/C14H11NO3/c16-12-8-6-11(7-9-12)15-10-14(17)18-13-4-2-1-3-5-13/h1-10,16H. The van der Waals surface area contributed by atoms with Crippen LogP contribution in [0, 0.1) is 0 Å². The minimum Gasteiger partial charge on any atom is -0.508 e. The van der Waals surface area contributed by atoms with Gasteiger partial charge in [0.15, 0.2) is 0 Å². The zero-order valence-electron chi connectivity index (χ0n) is 9.48. The molecule has 0 aliphatic heterocycles. The molecule has 0 heterocycles. The molecule has 2 rings (SSSR count). The van der Waals surface area contributed by atoms with Gasteiger partial charge in [0, 0.05) is 0 Å². The molecule has 0 saturated carbocycles. The first-order chi connectivity index (χ1) is 8.74. The molecule has 0 radical (unpaired) electrons. The first-order valence-electron chi connectivity index (χ1n) is 5.34. The monoisotopic (exact) mass is 241 g/mol. The number of nitrogens with zero attached hydrogens (tertiary/aromatic N) is 1. The molecule has 0 atom stereocenters. The molecule has 0 aliphatic rings. The third kappa shape index (κ3) is 3.45. The first kappa shape index (κ1) is 11.9. The number of aromatic hydroxyl groups is 1. The van der Waals surface area contributed by atoms with Crippen molar-refractivity contribution in [2.24, 2.45) is 4.99 Å². The van der Waals surface area contributed by atoms with Gasteiger partial charge in [-0.3, -0.25) is 0 Å². The number of hydrogen-bond acceptors (Lipinski definition) is 4. The van der Waals surface area contributed by atoms with Crippen LogP contribution in [0.5, 0.6) is 11.5 Å². The largest absolute Gasteiger partial charge is 0.508 e. The second kappa shape index (κ2) is 5.63. The van der Waals surface area contributed by atoms with Gasteiger partial charge in [-0.25, -0.2) is 9.79 Å². The first-order valence-corrected chi connectivity index (χ1v) is 5.34. The molecular formula is C14H11NO3. The van der Waals surface area contributed by atoms with Crippen molar-refractivity contribution >= 4 is 17.9 Å². The van der Waals surface area contributed by atoms with Crippen LogP contribution in [0.15, 0.2) is 59.6 Å². The van der Waals surface area contributed by atoms with E-state index in [1.165, 1.54) is 12.1 Å². The van der Waals surface area contributed by atoms with Crippen molar-refractivity contribution in [3.8, 4) is 11.5 Å². The Labute approximate surface area is 104 Å². The predicted molar refractivity (Wildman–Crippen MR) is 68.3 cm³/mol. The Balaban J connectivity index is 1.97. The van der Waals surface area contributed by atoms with Crippen LogP contribution in [-0.2, 0) is 4.79 Å². The Morgan fingerprint density at radius 3 is 2.39 bits per heavy atom. The second-order valence-corrected chi connectivity index (χ2v) is 3.51. The van der Waals surface area contributed by atoms with Crippen LogP contribution in [0.25, 0.3) is 0 Å². The summed E-state index contributed by atoms with van der Waals surface area (Å²) in [5.74, 6) is 0.0785. The number of hydrogen-bond donors (Lipinski definition) is 1. The molecule has 0 amide bonds. The maximum atomic E-state index is 11.4. The van der Waals surface area contributed by atoms with E-state index in [-0.39, 0.29) is 5.75 Å². The molecule has 0 saturated heterocycles. The van der Waals surface area contributed by atoms with Crippen LogP contribution in [0.1, 0.15) is 0 Å². The minimum atomic E-state index is -0.547. The molecule has 2 aromatic rings. The molecule has 90 valence electrons. The molecule has 0 fully saturated rings. The maximum absolute atomic E-state index is 11.4. The number of ether oxygens (including phenoxy) is 1. The SMILES string of the molecule is O=C(C=Nc1ccc(O)cc1)Oc1ccccc1. The van der Waals surface area contributed by atoms with E-state index < -0.39 is 5.97 Å². The Kier molecular flexibility index (Phi) is 3.71. The zero-order chi connectivity index (χ0) is 12.8. The molecule has 0 spiro atoms. The summed E-state index contributed by atoms with van der Waals surface area (Å²) in [5.41, 5.74) is 0.567. The third-order valence-corrected chi connectivity index (χ3v) is 2.13. The predicted octanol–water partition coefficient (Wildman–Crippen LogP) is 2.70. The highest BCUT2D eigenvalue weighted by Crippen LogP contribution is 2.16. The number of carbonyl (C=O) groups is 1. The number of para-hydroxylation sites is 1. The van der Waals surface area contributed by atoms with Crippen molar-refractivity contribution in [2.75, 3.05) is 0 Å². The fraction of sp³-hybridized carbons (Fsp3) is 0. The van der Waals surface area contributed by atoms with Crippen LogP contribution in [0.3, 0.4) is 0 Å². The third-order valence-electron chi connectivity index (χ3n) is 2.13. The summed E-state index contributed by atoms with van der Waals surface area (Å²) in [6.07, 6.45) is 1.10. The van der Waals surface area contributed by atoms with Gasteiger partial charge in [0.1, 0.15) is 17.7 Å². The van der Waals surface area contributed by atoms with E-state index >= 15 is 0 Å². The average Bonchev–Trinajstić information content (AvgIpc) is 2.39. The van der Waals surface area contributed by atoms with E-state index in [1.807, 2.05) is 6.07 Å². The summed E-state index contributed by atoms with van der Waals surface area (Å²) in [6.45, 7) is 0. The van der Waals surface area contributed by atoms with Crippen LogP contribution in [0.2, 0.25) is 0 Å². The van der Waals surface area contributed by atoms with Crippen LogP contribution in [-0.4, -0.2) is 17.3 Å². The van der Waals surface area contributed by atoms with E-state index in [2.05, 4.69) is 4.99 Å². The Bertz CT molecular complexity index is 547. The number of rotatable bonds is 3. The van der Waals surface area contributed by atoms with Crippen molar-refractivity contribution in [3.05, 3.63) is 54.6 Å². The summed E-state index contributed by atoms with van der Waals surface area (Å²) in [7, 11) is 0. The van der Waals surface area contributed by atoms with Gasteiger partial charge in [0.2, 0.25) is 0 Å². The summed E-state index contributed by atoms with van der Waals surface area (Å²) < 4.78 is 5.02. The quantitative estimate of drug-likeness (QED) is 0.510. The second-order valence-electron chi connectivity index (χ2n) is 3.51. The highest BCUT2D eigenvalue weighted by molar-refractivity contribution is 6.24. The van der Waals surface area contributed by atoms with E-state index in [9.17, 15) is 4.79 Å². The number of phenolic OH excluding ortho intramolecular Hbond substituents is 1. The van der Waals surface area contributed by atoms with Gasteiger partial charge >= 0.3 is 5.97 Å². The number of esters is 1. The molecular weight excluding hydrogens is 230 g/mol. The summed E-state index contributed by atoms with van der Waals surface area (Å²) in [4.78, 5) is 15.4. The summed E-state index contributed by atoms with van der Waals surface area (Å²) in [6, 6.07) is 15.0. The minimum absolute atomic E-state index is 0.154. The van der Waals surface area contributed by atoms with Gasteiger partial charge in [-0.1, -0.05) is 18.2 Å². The fourth-order valence-corrected chi connectivity index (χ4v) is 1.30. The zero-order valence-corrected chi connectivity index (χ0v) is 9.48. The number of phenols is 1. The van der Waals surface area contributed by atoms with E-state index in [4.69, 9.17) is 9.84 Å². The summed E-state index contributed by atoms with van der Waals surface area (Å²) in [5, 5.41) is 9.09. The Hall–Kier alpha value is -2.62. The van der Waals surface area contributed by atoms with Gasteiger partial charge in [-0.15, -0.1) is 0 Å². The Morgan fingerprint density at radius 2 is 1.72 bits per heavy atom. The van der Waals surface area contributed by atoms with E-state index in [0.717, 1.165) is 6.21 Å². The smallest absolute Gasteiger partial charge is 0.354 e. The lowest BCUT2D eigenvalue weighted by Gasteiger charge is -1.99. The molecule has 18 heavy (non-hydrogen) atoms. The van der Waals surface area contributed by atoms with Crippen molar-refractivity contribution in [2.45, 2.75) is 0 Å². The van der Waals surface area contributed by atoms with Crippen molar-refractivity contribution in [3.63, 3.8) is 0 Å². The average molecular weight is 241 g/mol. The van der Waals surface area contributed by atoms with Crippen molar-refractivity contribution in [1.29, 1.82) is 0 Å². The molecule has 0 aromatic heterocycles. The molecule has 0 bridgehead atoms. The maximum Gasteiger partial charge on any atom is 0.354 e. The summed E-state index contributed by atoms with van der Waals surface area (Å²) >= 11 is 0. The number of benzene rings is 2. The number of carbonyl (C=O) groups excluding carboxylic acids is 1. The van der Waals surface area contributed by atoms with Gasteiger partial charge in [0.25, 0.3) is 0 Å². The lowest BCUT2D eigenvalue weighted by atomic mass is 10.3. The van der Waals surface area contributed by atoms with Crippen LogP contribution in [0.4, 0.5) is 5.69 Å². The molecule has 0 unspecified atom stereocenters. The molecule has 4 heteroatoms. The molecule has 4 nitrogen and oxygen atoms in total. The lowest BCUT2D eigenvalue weighted by molar-refractivity contribution is -0.126. The van der Waals surface area contributed by atoms with Gasteiger partial charge < -0.3 is 9.84 Å². The molecule has 1 N–H and O–H groups in total. The van der Waals surface area contributed by atoms with Gasteiger partial charge in [-0.05, 0) is 36.4 Å². The molecule has 2 aromatic carbocycles. The van der Waals surface area contributed by atoms with Gasteiger partial charge in [-0.2, -0.15) is 0 Å². The van der Waals surface area contributed by atoms with Gasteiger partial charge in [0.05, 0.1) is 5.69 Å². The van der Waals surface area contributed by atoms with E-state index in [0.29, 0.717) is 11.4 Å². The lowest BCUT2D eigenvalue weighted by Crippen LogP contribution is -2.08.